The third kappa shape index (κ3) is 2.70. The highest BCUT2D eigenvalue weighted by molar-refractivity contribution is 14.1. The molecule has 1 aliphatic carbocycles. The van der Waals surface area contributed by atoms with Crippen molar-refractivity contribution in [3.8, 4) is 0 Å². The van der Waals surface area contributed by atoms with Crippen LogP contribution >= 0.6 is 22.6 Å². The van der Waals surface area contributed by atoms with Crippen molar-refractivity contribution in [2.75, 3.05) is 4.90 Å². The number of hydrogen-bond donors (Lipinski definition) is 1. The Balaban J connectivity index is 1.70. The van der Waals surface area contributed by atoms with Crippen LogP contribution in [0.15, 0.2) is 54.6 Å². The molecule has 28 heavy (non-hydrogen) atoms. The molecule has 2 aliphatic heterocycles. The van der Waals surface area contributed by atoms with Crippen LogP contribution in [0, 0.1) is 24.7 Å². The van der Waals surface area contributed by atoms with E-state index in [4.69, 9.17) is 0 Å². The number of alkyl halides is 1. The second-order valence-corrected chi connectivity index (χ2v) is 9.85. The highest BCUT2D eigenvalue weighted by Crippen LogP contribution is 2.56. The molecule has 0 spiro atoms. The molecular formula is C23H23IN2O2. The van der Waals surface area contributed by atoms with E-state index >= 15 is 0 Å². The number of anilines is 1. The van der Waals surface area contributed by atoms with E-state index in [1.807, 2.05) is 6.07 Å². The zero-order valence-corrected chi connectivity index (χ0v) is 17.9. The highest BCUT2D eigenvalue weighted by atomic mass is 127. The van der Waals surface area contributed by atoms with Crippen LogP contribution in [0.5, 0.6) is 0 Å². The fourth-order valence-electron chi connectivity index (χ4n) is 5.56. The summed E-state index contributed by atoms with van der Waals surface area (Å²) in [6.45, 7) is 2.08. The van der Waals surface area contributed by atoms with Crippen LogP contribution < -0.4 is 10.2 Å². The molecule has 5 heteroatoms. The van der Waals surface area contributed by atoms with Gasteiger partial charge in [-0.3, -0.25) is 14.9 Å². The maximum Gasteiger partial charge on any atom is 0.232 e. The van der Waals surface area contributed by atoms with Gasteiger partial charge in [0.15, 0.2) is 0 Å². The molecule has 3 fully saturated rings. The Labute approximate surface area is 178 Å². The summed E-state index contributed by atoms with van der Waals surface area (Å²) in [7, 11) is 0. The summed E-state index contributed by atoms with van der Waals surface area (Å²) in [5.74, 6) is -0.375. The van der Waals surface area contributed by atoms with Crippen molar-refractivity contribution in [3.05, 3.63) is 65.7 Å². The molecule has 6 atom stereocenters. The third-order valence-corrected chi connectivity index (χ3v) is 8.08. The lowest BCUT2D eigenvalue weighted by Crippen LogP contribution is -2.56. The van der Waals surface area contributed by atoms with Gasteiger partial charge in [-0.2, -0.15) is 0 Å². The van der Waals surface area contributed by atoms with Crippen LogP contribution in [0.4, 0.5) is 5.69 Å². The molecule has 2 aromatic rings. The summed E-state index contributed by atoms with van der Waals surface area (Å²) in [6.07, 6.45) is 1.87. The number of amides is 2. The van der Waals surface area contributed by atoms with Gasteiger partial charge in [0, 0.05) is 27.5 Å². The first-order valence-electron chi connectivity index (χ1n) is 9.95. The number of carbonyl (C=O) groups excluding carboxylic acids is 2. The standard InChI is InChI=1S/C23H23IN2O2/c1-13-7-9-14(10-8-13)20-19-18-16(22(27)25-23(19)28)11-12-17(24)21(18)26(20)15-5-3-2-4-6-15/h2-10,16-21H,11-12H2,1H3,(H,25,27,28)/t16-,17-,18+,19-,20-,21+/m1/s1. The Bertz CT molecular complexity index is 914. The van der Waals surface area contributed by atoms with Crippen molar-refractivity contribution in [3.63, 3.8) is 0 Å². The molecule has 1 saturated carbocycles. The summed E-state index contributed by atoms with van der Waals surface area (Å²) in [5, 5.41) is 2.70. The molecule has 0 radical (unpaired) electrons. The van der Waals surface area contributed by atoms with Crippen molar-refractivity contribution in [2.24, 2.45) is 17.8 Å². The van der Waals surface area contributed by atoms with E-state index in [0.717, 1.165) is 24.1 Å². The maximum atomic E-state index is 13.1. The second-order valence-electron chi connectivity index (χ2n) is 8.25. The van der Waals surface area contributed by atoms with E-state index in [1.165, 1.54) is 5.56 Å². The molecule has 144 valence electrons. The third-order valence-electron chi connectivity index (χ3n) is 6.72. The number of benzene rings is 2. The van der Waals surface area contributed by atoms with Gasteiger partial charge in [0.05, 0.1) is 12.0 Å². The number of piperidine rings is 1. The molecule has 4 nitrogen and oxygen atoms in total. The van der Waals surface area contributed by atoms with Crippen molar-refractivity contribution in [1.82, 2.24) is 5.32 Å². The zero-order chi connectivity index (χ0) is 19.4. The number of imide groups is 1. The number of para-hydroxylation sites is 1. The van der Waals surface area contributed by atoms with Gasteiger partial charge in [0.2, 0.25) is 11.8 Å². The predicted molar refractivity (Wildman–Crippen MR) is 117 cm³/mol. The number of rotatable bonds is 2. The largest absolute Gasteiger partial charge is 0.359 e. The Kier molecular flexibility index (Phi) is 4.45. The average Bonchev–Trinajstić information content (AvgIpc) is 3.06. The van der Waals surface area contributed by atoms with Gasteiger partial charge >= 0.3 is 0 Å². The van der Waals surface area contributed by atoms with E-state index in [1.54, 1.807) is 0 Å². The summed E-state index contributed by atoms with van der Waals surface area (Å²) in [6, 6.07) is 19.1. The zero-order valence-electron chi connectivity index (χ0n) is 15.7. The predicted octanol–water partition coefficient (Wildman–Crippen LogP) is 4.03. The lowest BCUT2D eigenvalue weighted by atomic mass is 9.67. The van der Waals surface area contributed by atoms with Crippen LogP contribution in [0.3, 0.4) is 0 Å². The highest BCUT2D eigenvalue weighted by Gasteiger charge is 2.62. The number of carbonyl (C=O) groups is 2. The van der Waals surface area contributed by atoms with Crippen molar-refractivity contribution in [2.45, 2.75) is 35.8 Å². The lowest BCUT2D eigenvalue weighted by molar-refractivity contribution is -0.144. The Morgan fingerprint density at radius 1 is 0.964 bits per heavy atom. The summed E-state index contributed by atoms with van der Waals surface area (Å²) < 4.78 is 0.413. The molecule has 2 aromatic carbocycles. The van der Waals surface area contributed by atoms with Crippen LogP contribution in [-0.4, -0.2) is 21.8 Å². The molecular weight excluding hydrogens is 463 g/mol. The molecule has 2 amide bonds. The average molecular weight is 486 g/mol. The number of nitrogens with one attached hydrogen (secondary N) is 1. The normalized spacial score (nSPS) is 34.1. The first-order chi connectivity index (χ1) is 13.6. The molecule has 5 rings (SSSR count). The summed E-state index contributed by atoms with van der Waals surface area (Å²) in [4.78, 5) is 28.2. The SMILES string of the molecule is Cc1ccc([C@@H]2[C@@H]3C(=O)NC(=O)[C@@H]4CC[C@@H](I)[C@@H]([C@H]34)N2c2ccccc2)cc1. The van der Waals surface area contributed by atoms with Gasteiger partial charge in [0.25, 0.3) is 0 Å². The quantitative estimate of drug-likeness (QED) is 0.397. The molecule has 0 unspecified atom stereocenters. The van der Waals surface area contributed by atoms with Gasteiger partial charge < -0.3 is 4.90 Å². The van der Waals surface area contributed by atoms with Gasteiger partial charge in [-0.25, -0.2) is 0 Å². The molecule has 1 N–H and O–H groups in total. The van der Waals surface area contributed by atoms with Crippen LogP contribution in [0.2, 0.25) is 0 Å². The van der Waals surface area contributed by atoms with Crippen LogP contribution in [0.25, 0.3) is 0 Å². The monoisotopic (exact) mass is 486 g/mol. The van der Waals surface area contributed by atoms with Crippen molar-refractivity contribution in [1.29, 1.82) is 0 Å². The van der Waals surface area contributed by atoms with E-state index in [9.17, 15) is 9.59 Å². The lowest BCUT2D eigenvalue weighted by Gasteiger charge is -2.42. The van der Waals surface area contributed by atoms with Gasteiger partial charge in [0.1, 0.15) is 0 Å². The molecule has 2 heterocycles. The number of aryl methyl sites for hydroxylation is 1. The fraction of sp³-hybridized carbons (Fsp3) is 0.391. The molecule has 2 saturated heterocycles. The Morgan fingerprint density at radius 2 is 1.68 bits per heavy atom. The van der Waals surface area contributed by atoms with Gasteiger partial charge in [-0.1, -0.05) is 70.6 Å². The smallest absolute Gasteiger partial charge is 0.232 e. The molecule has 3 aliphatic rings. The fourth-order valence-corrected chi connectivity index (χ4v) is 6.74. The van der Waals surface area contributed by atoms with Crippen LogP contribution in [0.1, 0.15) is 30.0 Å². The van der Waals surface area contributed by atoms with Gasteiger partial charge in [-0.05, 0) is 37.5 Å². The minimum absolute atomic E-state index is 0.0519. The number of halogens is 1. The summed E-state index contributed by atoms with van der Waals surface area (Å²) >= 11 is 2.54. The minimum Gasteiger partial charge on any atom is -0.359 e. The number of hydrogen-bond acceptors (Lipinski definition) is 3. The minimum atomic E-state index is -0.201. The first-order valence-corrected chi connectivity index (χ1v) is 11.2. The van der Waals surface area contributed by atoms with E-state index in [0.29, 0.717) is 3.92 Å². The van der Waals surface area contributed by atoms with Gasteiger partial charge in [-0.15, -0.1) is 0 Å². The van der Waals surface area contributed by atoms with Crippen molar-refractivity contribution < 1.29 is 9.59 Å². The maximum absolute atomic E-state index is 13.1. The van der Waals surface area contributed by atoms with Crippen molar-refractivity contribution >= 4 is 40.1 Å². The van der Waals surface area contributed by atoms with Crippen LogP contribution in [-0.2, 0) is 9.59 Å². The second kappa shape index (κ2) is 6.87. The molecule has 0 aromatic heterocycles. The Morgan fingerprint density at radius 3 is 2.39 bits per heavy atom. The summed E-state index contributed by atoms with van der Waals surface area (Å²) in [5.41, 5.74) is 3.49. The van der Waals surface area contributed by atoms with E-state index in [2.05, 4.69) is 88.3 Å². The Hall–Kier alpha value is -1.89. The van der Waals surface area contributed by atoms with E-state index in [-0.39, 0.29) is 41.7 Å². The first kappa shape index (κ1) is 18.2. The number of nitrogens with zero attached hydrogens (tertiary/aromatic N) is 1. The molecule has 0 bridgehead atoms. The topological polar surface area (TPSA) is 49.4 Å². The van der Waals surface area contributed by atoms with E-state index < -0.39 is 0 Å².